The molecule has 0 bridgehead atoms. The molecule has 0 saturated carbocycles. The molecule has 4 heteroatoms. The Balaban J connectivity index is 2.83. The lowest BCUT2D eigenvalue weighted by Gasteiger charge is -1.70. The summed E-state index contributed by atoms with van der Waals surface area (Å²) in [5.41, 5.74) is 0. The molecule has 0 spiro atoms. The molecule has 1 N–H and O–H groups in total. The Morgan fingerprint density at radius 3 is 2.20 bits per heavy atom. The fourth-order valence-electron chi connectivity index (χ4n) is 0. The molecule has 0 aliphatic rings. The van der Waals surface area contributed by atoms with E-state index in [1.807, 2.05) is 0 Å². The maximum atomic E-state index is 9.00. The van der Waals surface area contributed by atoms with Gasteiger partial charge in [-0.1, -0.05) is 0 Å². The molecule has 28 valence electrons. The van der Waals surface area contributed by atoms with Crippen LogP contribution in [0, 0.1) is 4.91 Å². The van der Waals surface area contributed by atoms with E-state index >= 15 is 0 Å². The zero-order chi connectivity index (χ0) is 4.28. The van der Waals surface area contributed by atoms with E-state index in [2.05, 4.69) is 5.09 Å². The number of rotatable bonds is 1. The van der Waals surface area contributed by atoms with Crippen LogP contribution in [0.3, 0.4) is 0 Å². The summed E-state index contributed by atoms with van der Waals surface area (Å²) < 4.78 is 0. The molecule has 0 aromatic carbocycles. The summed E-state index contributed by atoms with van der Waals surface area (Å²) in [5.74, 6) is 0. The molecule has 0 fully saturated rings. The van der Waals surface area contributed by atoms with Gasteiger partial charge in [-0.05, 0) is 6.82 Å². The van der Waals surface area contributed by atoms with E-state index in [1.54, 1.807) is 0 Å². The molecule has 0 unspecified atom stereocenters. The van der Waals surface area contributed by atoms with Crippen LogP contribution in [0.5, 0.6) is 0 Å². The molecule has 0 aliphatic heterocycles. The predicted octanol–water partition coefficient (Wildman–Crippen LogP) is -0.137. The van der Waals surface area contributed by atoms with Crippen molar-refractivity contribution in [2.24, 2.45) is 5.09 Å². The zero-order valence-corrected chi connectivity index (χ0v) is 2.88. The molecule has 0 heterocycles. The third kappa shape index (κ3) is 3.62. The molecule has 3 nitrogen and oxygen atoms in total. The van der Waals surface area contributed by atoms with E-state index in [-0.39, 0.29) is 0 Å². The average Bonchev–Trinajstić information content (AvgIpc) is 1.38. The molecule has 0 aromatic heterocycles. The quantitative estimate of drug-likeness (QED) is 0.347. The van der Waals surface area contributed by atoms with E-state index in [4.69, 9.17) is 9.93 Å². The van der Waals surface area contributed by atoms with Crippen LogP contribution in [0.25, 0.3) is 0 Å². The van der Waals surface area contributed by atoms with Crippen molar-refractivity contribution >= 4 is 7.05 Å². The highest BCUT2D eigenvalue weighted by Gasteiger charge is 1.95. The molecular weight excluding hydrogens is 68.8 g/mol. The van der Waals surface area contributed by atoms with Crippen molar-refractivity contribution in [3.63, 3.8) is 0 Å². The topological polar surface area (TPSA) is 49.7 Å². The monoisotopic (exact) mass is 73.0 g/mol. The first-order valence-electron chi connectivity index (χ1n) is 1.28. The third-order valence-electron chi connectivity index (χ3n) is 0.153. The van der Waals surface area contributed by atoms with Crippen molar-refractivity contribution in [2.75, 3.05) is 0 Å². The minimum absolute atomic E-state index is 1.05. The minimum atomic E-state index is -1.05. The highest BCUT2D eigenvalue weighted by Crippen LogP contribution is 1.67. The van der Waals surface area contributed by atoms with Crippen LogP contribution in [0.15, 0.2) is 5.09 Å². The van der Waals surface area contributed by atoms with Gasteiger partial charge in [0.15, 0.2) is 0 Å². The molecule has 0 saturated heterocycles. The van der Waals surface area contributed by atoms with Crippen LogP contribution in [0.4, 0.5) is 0 Å². The van der Waals surface area contributed by atoms with Crippen molar-refractivity contribution in [2.45, 2.75) is 6.82 Å². The summed E-state index contributed by atoms with van der Waals surface area (Å²) in [7, 11) is -1.05. The fourth-order valence-corrected chi connectivity index (χ4v) is 0. The van der Waals surface area contributed by atoms with Gasteiger partial charge in [0.25, 0.3) is 0 Å². The Morgan fingerprint density at radius 2 is 2.20 bits per heavy atom. The second-order valence-corrected chi connectivity index (χ2v) is 0.737. The lowest BCUT2D eigenvalue weighted by atomic mass is 9.92. The van der Waals surface area contributed by atoms with Crippen LogP contribution in [0.1, 0.15) is 0 Å². The highest BCUT2D eigenvalue weighted by molar-refractivity contribution is 6.46. The summed E-state index contributed by atoms with van der Waals surface area (Å²) in [4.78, 5) is 9.00. The standard InChI is InChI=1S/CH4BNO2/c1-2(4)3-5/h4H,1H3. The van der Waals surface area contributed by atoms with Crippen LogP contribution >= 0.6 is 0 Å². The van der Waals surface area contributed by atoms with Gasteiger partial charge >= 0.3 is 7.05 Å². The first kappa shape index (κ1) is 4.62. The Morgan fingerprint density at radius 1 is 2.00 bits per heavy atom. The smallest absolute Gasteiger partial charge is 0.429 e. The SMILES string of the molecule is CB(O)N=O. The Bertz CT molecular complexity index is 36.6. The maximum absolute atomic E-state index is 9.00. The van der Waals surface area contributed by atoms with Crippen LogP contribution in [0.2, 0.25) is 6.82 Å². The molecule has 0 atom stereocenters. The first-order chi connectivity index (χ1) is 2.27. The normalized spacial score (nSPS) is 6.80. The minimum Gasteiger partial charge on any atom is -0.429 e. The zero-order valence-electron chi connectivity index (χ0n) is 2.88. The molecule has 0 aromatic rings. The van der Waals surface area contributed by atoms with Crippen molar-refractivity contribution in [1.82, 2.24) is 0 Å². The summed E-state index contributed by atoms with van der Waals surface area (Å²) in [6.45, 7) is 1.30. The van der Waals surface area contributed by atoms with Gasteiger partial charge in [-0.25, -0.2) is 0 Å². The largest absolute Gasteiger partial charge is 0.480 e. The van der Waals surface area contributed by atoms with Gasteiger partial charge in [0.2, 0.25) is 0 Å². The first-order valence-corrected chi connectivity index (χ1v) is 1.28. The van der Waals surface area contributed by atoms with Gasteiger partial charge in [0, 0.05) is 0 Å². The van der Waals surface area contributed by atoms with Crippen molar-refractivity contribution in [3.05, 3.63) is 4.91 Å². The van der Waals surface area contributed by atoms with E-state index in [9.17, 15) is 0 Å². The fraction of sp³-hybridized carbons (Fsp3) is 1.00. The average molecular weight is 72.9 g/mol. The molecular formula is CH4BNO2. The number of nitrogens with zero attached hydrogens (tertiary/aromatic N) is 1. The lowest BCUT2D eigenvalue weighted by Crippen LogP contribution is -1.96. The second-order valence-electron chi connectivity index (χ2n) is 0.737. The van der Waals surface area contributed by atoms with Crippen LogP contribution in [-0.2, 0) is 0 Å². The van der Waals surface area contributed by atoms with Gasteiger partial charge in [-0.2, -0.15) is 4.91 Å². The molecule has 0 aliphatic carbocycles. The lowest BCUT2D eigenvalue weighted by molar-refractivity contribution is 0.580. The molecule has 0 rings (SSSR count). The number of hydrogen-bond donors (Lipinski definition) is 1. The van der Waals surface area contributed by atoms with Crippen molar-refractivity contribution < 1.29 is 5.02 Å². The molecule has 5 heavy (non-hydrogen) atoms. The Hall–Kier alpha value is -0.375. The Labute approximate surface area is 30.1 Å². The molecule has 0 radical (unpaired) electrons. The van der Waals surface area contributed by atoms with Crippen molar-refractivity contribution in [3.8, 4) is 0 Å². The third-order valence-corrected chi connectivity index (χ3v) is 0.153. The summed E-state index contributed by atoms with van der Waals surface area (Å²) >= 11 is 0. The van der Waals surface area contributed by atoms with Gasteiger partial charge in [0.05, 0.1) is 0 Å². The highest BCUT2D eigenvalue weighted by atomic mass is 16.3. The van der Waals surface area contributed by atoms with Crippen LogP contribution < -0.4 is 0 Å². The number of hydrogen-bond acceptors (Lipinski definition) is 3. The summed E-state index contributed by atoms with van der Waals surface area (Å²) in [6.07, 6.45) is 0. The van der Waals surface area contributed by atoms with Gasteiger partial charge in [-0.15, -0.1) is 5.09 Å². The predicted molar refractivity (Wildman–Crippen MR) is 19.6 cm³/mol. The van der Waals surface area contributed by atoms with Gasteiger partial charge < -0.3 is 5.02 Å². The summed E-state index contributed by atoms with van der Waals surface area (Å²) in [6, 6.07) is 0. The Kier molecular flexibility index (Phi) is 1.76. The second kappa shape index (κ2) is 1.90. The maximum Gasteiger partial charge on any atom is 0.480 e. The van der Waals surface area contributed by atoms with Gasteiger partial charge in [0.1, 0.15) is 0 Å². The summed E-state index contributed by atoms with van der Waals surface area (Å²) in [5, 5.41) is 10.1. The van der Waals surface area contributed by atoms with Crippen LogP contribution in [-0.4, -0.2) is 12.1 Å². The van der Waals surface area contributed by atoms with Crippen molar-refractivity contribution in [1.29, 1.82) is 0 Å². The number of nitroso groups, excluding NO2 is 1. The van der Waals surface area contributed by atoms with E-state index in [1.165, 1.54) is 6.82 Å². The van der Waals surface area contributed by atoms with E-state index < -0.39 is 7.05 Å². The van der Waals surface area contributed by atoms with E-state index in [0.717, 1.165) is 0 Å². The van der Waals surface area contributed by atoms with E-state index in [0.29, 0.717) is 0 Å². The molecule has 0 amide bonds. The van der Waals surface area contributed by atoms with Gasteiger partial charge in [-0.3, -0.25) is 0 Å².